The molecule has 18 heavy (non-hydrogen) atoms. The fourth-order valence-electron chi connectivity index (χ4n) is 1.87. The standard InChI is InChI=1S/C14H10F4/c15-12-8-6-11(7-9-12)13(14(16,17)18)10-4-2-1-3-5-10/h1-9,13H. The summed E-state index contributed by atoms with van der Waals surface area (Å²) in [6.45, 7) is 0. The van der Waals surface area contributed by atoms with Gasteiger partial charge in [0.25, 0.3) is 0 Å². The molecule has 1 unspecified atom stereocenters. The maximum Gasteiger partial charge on any atom is 0.399 e. The van der Waals surface area contributed by atoms with Crippen molar-refractivity contribution in [2.75, 3.05) is 0 Å². The van der Waals surface area contributed by atoms with Crippen LogP contribution < -0.4 is 0 Å². The van der Waals surface area contributed by atoms with E-state index < -0.39 is 17.9 Å². The van der Waals surface area contributed by atoms with Crippen LogP contribution in [-0.2, 0) is 0 Å². The lowest BCUT2D eigenvalue weighted by Crippen LogP contribution is -2.21. The first-order chi connectivity index (χ1) is 8.48. The molecule has 0 fully saturated rings. The van der Waals surface area contributed by atoms with Crippen molar-refractivity contribution in [1.29, 1.82) is 0 Å². The summed E-state index contributed by atoms with van der Waals surface area (Å²) < 4.78 is 52.1. The Balaban J connectivity index is 2.47. The molecule has 0 aromatic heterocycles. The summed E-state index contributed by atoms with van der Waals surface area (Å²) in [6.07, 6.45) is -4.40. The molecule has 2 aromatic carbocycles. The minimum absolute atomic E-state index is 0.0371. The zero-order valence-corrected chi connectivity index (χ0v) is 9.29. The van der Waals surface area contributed by atoms with Crippen LogP contribution >= 0.6 is 0 Å². The monoisotopic (exact) mass is 254 g/mol. The molecule has 0 aliphatic rings. The van der Waals surface area contributed by atoms with Gasteiger partial charge in [0, 0.05) is 0 Å². The van der Waals surface area contributed by atoms with Gasteiger partial charge in [0.15, 0.2) is 0 Å². The number of rotatable bonds is 2. The van der Waals surface area contributed by atoms with Crippen LogP contribution in [0.5, 0.6) is 0 Å². The number of hydrogen-bond acceptors (Lipinski definition) is 0. The summed E-state index contributed by atoms with van der Waals surface area (Å²) >= 11 is 0. The zero-order chi connectivity index (χ0) is 13.2. The second-order valence-electron chi connectivity index (χ2n) is 3.94. The summed E-state index contributed by atoms with van der Waals surface area (Å²) in [4.78, 5) is 0. The van der Waals surface area contributed by atoms with E-state index in [-0.39, 0.29) is 11.1 Å². The third-order valence-electron chi connectivity index (χ3n) is 2.66. The predicted molar refractivity (Wildman–Crippen MR) is 60.7 cm³/mol. The summed E-state index contributed by atoms with van der Waals surface area (Å²) in [5, 5.41) is 0. The smallest absolute Gasteiger partial charge is 0.207 e. The highest BCUT2D eigenvalue weighted by Gasteiger charge is 2.41. The first-order valence-corrected chi connectivity index (χ1v) is 5.35. The summed E-state index contributed by atoms with van der Waals surface area (Å²) in [5.41, 5.74) is 0.187. The molecule has 2 rings (SSSR count). The summed E-state index contributed by atoms with van der Waals surface area (Å²) in [7, 11) is 0. The third-order valence-corrected chi connectivity index (χ3v) is 2.66. The van der Waals surface area contributed by atoms with E-state index >= 15 is 0 Å². The van der Waals surface area contributed by atoms with Crippen molar-refractivity contribution >= 4 is 0 Å². The highest BCUT2D eigenvalue weighted by Crippen LogP contribution is 2.39. The molecule has 2 aromatic rings. The third kappa shape index (κ3) is 2.70. The van der Waals surface area contributed by atoms with Crippen molar-refractivity contribution in [3.05, 3.63) is 71.5 Å². The molecular formula is C14H10F4. The van der Waals surface area contributed by atoms with Crippen LogP contribution in [0.15, 0.2) is 54.6 Å². The lowest BCUT2D eigenvalue weighted by atomic mass is 9.91. The second kappa shape index (κ2) is 4.80. The Kier molecular flexibility index (Phi) is 3.36. The molecule has 94 valence electrons. The van der Waals surface area contributed by atoms with Crippen LogP contribution in [0, 0.1) is 5.82 Å². The Morgan fingerprint density at radius 1 is 0.722 bits per heavy atom. The molecule has 0 heterocycles. The van der Waals surface area contributed by atoms with Gasteiger partial charge in [0.05, 0.1) is 0 Å². The molecule has 0 aliphatic carbocycles. The number of benzene rings is 2. The maximum atomic E-state index is 13.1. The van der Waals surface area contributed by atoms with Gasteiger partial charge in [-0.2, -0.15) is 13.2 Å². The van der Waals surface area contributed by atoms with Gasteiger partial charge in [-0.05, 0) is 23.3 Å². The van der Waals surface area contributed by atoms with Crippen molar-refractivity contribution in [2.45, 2.75) is 12.1 Å². The maximum absolute atomic E-state index is 13.1. The molecule has 0 saturated carbocycles. The van der Waals surface area contributed by atoms with Crippen molar-refractivity contribution in [3.63, 3.8) is 0 Å². The van der Waals surface area contributed by atoms with Gasteiger partial charge < -0.3 is 0 Å². The summed E-state index contributed by atoms with van der Waals surface area (Å²) in [6, 6.07) is 12.0. The Morgan fingerprint density at radius 3 is 1.72 bits per heavy atom. The molecule has 0 amide bonds. The molecule has 0 radical (unpaired) electrons. The molecule has 4 heteroatoms. The Bertz CT molecular complexity index is 500. The number of hydrogen-bond donors (Lipinski definition) is 0. The molecule has 0 spiro atoms. The van der Waals surface area contributed by atoms with Crippen LogP contribution in [0.2, 0.25) is 0 Å². The molecule has 0 aliphatic heterocycles. The van der Waals surface area contributed by atoms with E-state index in [0.717, 1.165) is 12.1 Å². The molecule has 1 atom stereocenters. The van der Waals surface area contributed by atoms with Crippen LogP contribution in [0.3, 0.4) is 0 Å². The quantitative estimate of drug-likeness (QED) is 0.691. The molecule has 0 nitrogen and oxygen atoms in total. The van der Waals surface area contributed by atoms with E-state index in [1.165, 1.54) is 24.3 Å². The second-order valence-corrected chi connectivity index (χ2v) is 3.94. The van der Waals surface area contributed by atoms with E-state index in [4.69, 9.17) is 0 Å². The van der Waals surface area contributed by atoms with Crippen LogP contribution in [0.4, 0.5) is 17.6 Å². The minimum atomic E-state index is -4.40. The van der Waals surface area contributed by atoms with Gasteiger partial charge in [-0.25, -0.2) is 4.39 Å². The van der Waals surface area contributed by atoms with Crippen molar-refractivity contribution in [1.82, 2.24) is 0 Å². The summed E-state index contributed by atoms with van der Waals surface area (Å²) in [5.74, 6) is -2.27. The van der Waals surface area contributed by atoms with Gasteiger partial charge in [0.2, 0.25) is 0 Å². The number of alkyl halides is 3. The molecule has 0 saturated heterocycles. The van der Waals surface area contributed by atoms with Crippen molar-refractivity contribution in [3.8, 4) is 0 Å². The lowest BCUT2D eigenvalue weighted by Gasteiger charge is -2.21. The van der Waals surface area contributed by atoms with Gasteiger partial charge >= 0.3 is 6.18 Å². The van der Waals surface area contributed by atoms with Gasteiger partial charge in [-0.3, -0.25) is 0 Å². The Hall–Kier alpha value is -1.84. The van der Waals surface area contributed by atoms with Crippen LogP contribution in [-0.4, -0.2) is 6.18 Å². The molecular weight excluding hydrogens is 244 g/mol. The van der Waals surface area contributed by atoms with Gasteiger partial charge in [0.1, 0.15) is 11.7 Å². The average Bonchev–Trinajstić information content (AvgIpc) is 2.32. The SMILES string of the molecule is Fc1ccc(C(c2ccccc2)C(F)(F)F)cc1. The van der Waals surface area contributed by atoms with E-state index in [1.807, 2.05) is 0 Å². The van der Waals surface area contributed by atoms with Crippen molar-refractivity contribution in [2.24, 2.45) is 0 Å². The first kappa shape index (κ1) is 12.6. The van der Waals surface area contributed by atoms with Gasteiger partial charge in [-0.15, -0.1) is 0 Å². The fourth-order valence-corrected chi connectivity index (χ4v) is 1.87. The normalized spacial score (nSPS) is 13.3. The van der Waals surface area contributed by atoms with Gasteiger partial charge in [-0.1, -0.05) is 42.5 Å². The topological polar surface area (TPSA) is 0 Å². The van der Waals surface area contributed by atoms with E-state index in [2.05, 4.69) is 0 Å². The number of halogens is 4. The van der Waals surface area contributed by atoms with Crippen molar-refractivity contribution < 1.29 is 17.6 Å². The minimum Gasteiger partial charge on any atom is -0.207 e. The fraction of sp³-hybridized carbons (Fsp3) is 0.143. The zero-order valence-electron chi connectivity index (χ0n) is 9.29. The Labute approximate surface area is 102 Å². The lowest BCUT2D eigenvalue weighted by molar-refractivity contribution is -0.141. The van der Waals surface area contributed by atoms with E-state index in [9.17, 15) is 17.6 Å². The molecule has 0 N–H and O–H groups in total. The van der Waals surface area contributed by atoms with E-state index in [0.29, 0.717) is 0 Å². The van der Waals surface area contributed by atoms with Crippen LogP contribution in [0.25, 0.3) is 0 Å². The first-order valence-electron chi connectivity index (χ1n) is 5.35. The van der Waals surface area contributed by atoms with E-state index in [1.54, 1.807) is 18.2 Å². The predicted octanol–water partition coefficient (Wildman–Crippen LogP) is 4.52. The Morgan fingerprint density at radius 2 is 1.22 bits per heavy atom. The highest BCUT2D eigenvalue weighted by molar-refractivity contribution is 5.34. The van der Waals surface area contributed by atoms with Crippen LogP contribution in [0.1, 0.15) is 17.0 Å². The average molecular weight is 254 g/mol. The largest absolute Gasteiger partial charge is 0.399 e. The molecule has 0 bridgehead atoms. The highest BCUT2D eigenvalue weighted by atomic mass is 19.4.